The van der Waals surface area contributed by atoms with E-state index < -0.39 is 5.41 Å². The number of nitrogens with one attached hydrogen (secondary N) is 1. The topological polar surface area (TPSA) is 52.9 Å². The van der Waals surface area contributed by atoms with Crippen LogP contribution in [0.25, 0.3) is 0 Å². The first kappa shape index (κ1) is 13.2. The molecule has 0 bridgehead atoms. The second kappa shape index (κ2) is 5.46. The summed E-state index contributed by atoms with van der Waals surface area (Å²) < 4.78 is 1.07. The number of carbonyl (C=O) groups excluding carboxylic acids is 1. The van der Waals surface area contributed by atoms with Crippen LogP contribution in [-0.4, -0.2) is 12.5 Å². The first-order valence-corrected chi connectivity index (χ1v) is 6.55. The third-order valence-electron chi connectivity index (χ3n) is 2.13. The molecule has 0 aromatic carbocycles. The van der Waals surface area contributed by atoms with Crippen molar-refractivity contribution in [2.24, 2.45) is 5.41 Å². The molecule has 1 rings (SSSR count). The van der Waals surface area contributed by atoms with E-state index in [1.807, 2.05) is 17.5 Å². The Balaban J connectivity index is 2.37. The highest BCUT2D eigenvalue weighted by atomic mass is 79.9. The highest BCUT2D eigenvalue weighted by molar-refractivity contribution is 9.10. The van der Waals surface area contributed by atoms with Crippen LogP contribution in [0.5, 0.6) is 0 Å². The molecule has 0 aliphatic rings. The van der Waals surface area contributed by atoms with Gasteiger partial charge < -0.3 is 5.32 Å². The molecule has 0 fully saturated rings. The largest absolute Gasteiger partial charge is 0.354 e. The van der Waals surface area contributed by atoms with Gasteiger partial charge in [0.25, 0.3) is 0 Å². The van der Waals surface area contributed by atoms with E-state index >= 15 is 0 Å². The molecular weight excluding hydrogens is 288 g/mol. The maximum Gasteiger partial charge on any atom is 0.239 e. The molecule has 0 saturated heterocycles. The van der Waals surface area contributed by atoms with Crippen LogP contribution in [0.1, 0.15) is 18.7 Å². The highest BCUT2D eigenvalue weighted by Gasteiger charge is 2.26. The Morgan fingerprint density at radius 2 is 2.38 bits per heavy atom. The van der Waals surface area contributed by atoms with Crippen LogP contribution in [0.4, 0.5) is 0 Å². The molecule has 16 heavy (non-hydrogen) atoms. The molecule has 0 unspecified atom stereocenters. The maximum atomic E-state index is 11.6. The Bertz CT molecular complexity index is 420. The van der Waals surface area contributed by atoms with Gasteiger partial charge in [-0.05, 0) is 42.3 Å². The van der Waals surface area contributed by atoms with Crippen LogP contribution < -0.4 is 5.32 Å². The lowest BCUT2D eigenvalue weighted by Gasteiger charge is -2.14. The van der Waals surface area contributed by atoms with Gasteiger partial charge in [0.15, 0.2) is 0 Å². The van der Waals surface area contributed by atoms with Crippen LogP contribution >= 0.6 is 27.3 Å². The van der Waals surface area contributed by atoms with Gasteiger partial charge >= 0.3 is 0 Å². The number of thiophene rings is 1. The van der Waals surface area contributed by atoms with Crippen LogP contribution in [0.15, 0.2) is 15.9 Å². The normalized spacial score (nSPS) is 10.9. The van der Waals surface area contributed by atoms with Crippen molar-refractivity contribution >= 4 is 33.2 Å². The molecule has 0 aliphatic carbocycles. The van der Waals surface area contributed by atoms with E-state index in [9.17, 15) is 4.79 Å². The Labute approximate surface area is 108 Å². The van der Waals surface area contributed by atoms with Crippen molar-refractivity contribution in [1.82, 2.24) is 5.32 Å². The summed E-state index contributed by atoms with van der Waals surface area (Å²) in [7, 11) is 0. The highest BCUT2D eigenvalue weighted by Crippen LogP contribution is 2.20. The Hall–Kier alpha value is -0.860. The van der Waals surface area contributed by atoms with Gasteiger partial charge in [0.2, 0.25) is 5.91 Å². The monoisotopic (exact) mass is 300 g/mol. The standard InChI is InChI=1S/C11H13BrN2OS/c1-11(2,7-13)10(15)14-4-3-9-5-8(12)6-16-9/h5-6H,3-4H2,1-2H3,(H,14,15). The fourth-order valence-corrected chi connectivity index (χ4v) is 2.51. The van der Waals surface area contributed by atoms with Crippen LogP contribution in [-0.2, 0) is 11.2 Å². The Morgan fingerprint density at radius 1 is 1.69 bits per heavy atom. The number of nitriles is 1. The fourth-order valence-electron chi connectivity index (χ4n) is 1.06. The Kier molecular flexibility index (Phi) is 4.51. The van der Waals surface area contributed by atoms with Crippen molar-refractivity contribution in [3.05, 3.63) is 20.8 Å². The number of rotatable bonds is 4. The average molecular weight is 301 g/mol. The molecule has 1 aromatic rings. The quantitative estimate of drug-likeness (QED) is 0.929. The van der Waals surface area contributed by atoms with Crippen LogP contribution in [0, 0.1) is 16.7 Å². The fraction of sp³-hybridized carbons (Fsp3) is 0.455. The van der Waals surface area contributed by atoms with Crippen molar-refractivity contribution in [2.75, 3.05) is 6.54 Å². The first-order valence-electron chi connectivity index (χ1n) is 4.88. The lowest BCUT2D eigenvalue weighted by Crippen LogP contribution is -2.36. The summed E-state index contributed by atoms with van der Waals surface area (Å²) in [4.78, 5) is 12.8. The summed E-state index contributed by atoms with van der Waals surface area (Å²) in [6.45, 7) is 3.80. The molecule has 3 nitrogen and oxygen atoms in total. The van der Waals surface area contributed by atoms with Gasteiger partial charge in [-0.3, -0.25) is 4.79 Å². The van der Waals surface area contributed by atoms with Gasteiger partial charge in [-0.25, -0.2) is 0 Å². The van der Waals surface area contributed by atoms with E-state index in [1.54, 1.807) is 25.2 Å². The molecule has 0 atom stereocenters. The summed E-state index contributed by atoms with van der Waals surface area (Å²) in [6.07, 6.45) is 0.795. The van der Waals surface area contributed by atoms with Gasteiger partial charge in [0, 0.05) is 21.3 Å². The number of carbonyl (C=O) groups is 1. The first-order chi connectivity index (χ1) is 7.45. The molecule has 86 valence electrons. The second-order valence-corrected chi connectivity index (χ2v) is 5.89. The SMILES string of the molecule is CC(C)(C#N)C(=O)NCCc1cc(Br)cs1. The summed E-state index contributed by atoms with van der Waals surface area (Å²) >= 11 is 5.03. The second-order valence-electron chi connectivity index (χ2n) is 3.97. The van der Waals surface area contributed by atoms with E-state index in [1.165, 1.54) is 4.88 Å². The molecule has 5 heteroatoms. The molecule has 0 aliphatic heterocycles. The molecule has 0 saturated carbocycles. The van der Waals surface area contributed by atoms with E-state index in [4.69, 9.17) is 5.26 Å². The predicted molar refractivity (Wildman–Crippen MR) is 68.1 cm³/mol. The average Bonchev–Trinajstić information content (AvgIpc) is 2.64. The number of hydrogen-bond donors (Lipinski definition) is 1. The third kappa shape index (κ3) is 3.62. The van der Waals surface area contributed by atoms with Crippen molar-refractivity contribution < 1.29 is 4.79 Å². The number of hydrogen-bond acceptors (Lipinski definition) is 3. The summed E-state index contributed by atoms with van der Waals surface area (Å²) in [6, 6.07) is 4.01. The smallest absolute Gasteiger partial charge is 0.239 e. The Morgan fingerprint density at radius 3 is 2.88 bits per heavy atom. The van der Waals surface area contributed by atoms with Gasteiger partial charge in [0.05, 0.1) is 6.07 Å². The number of amides is 1. The van der Waals surface area contributed by atoms with Crippen molar-refractivity contribution in [3.63, 3.8) is 0 Å². The van der Waals surface area contributed by atoms with Crippen molar-refractivity contribution in [2.45, 2.75) is 20.3 Å². The van der Waals surface area contributed by atoms with Crippen LogP contribution in [0.2, 0.25) is 0 Å². The predicted octanol–water partition coefficient (Wildman–Crippen LogP) is 2.72. The zero-order valence-corrected chi connectivity index (χ0v) is 11.6. The molecule has 1 amide bonds. The van der Waals surface area contributed by atoms with Gasteiger partial charge in [0.1, 0.15) is 5.41 Å². The van der Waals surface area contributed by atoms with Gasteiger partial charge in [-0.15, -0.1) is 11.3 Å². The zero-order valence-electron chi connectivity index (χ0n) is 9.21. The van der Waals surface area contributed by atoms with Gasteiger partial charge in [-0.2, -0.15) is 5.26 Å². The summed E-state index contributed by atoms with van der Waals surface area (Å²) in [5.74, 6) is -0.217. The summed E-state index contributed by atoms with van der Waals surface area (Å²) in [5.41, 5.74) is -0.948. The van der Waals surface area contributed by atoms with Crippen molar-refractivity contribution in [3.8, 4) is 6.07 Å². The minimum Gasteiger partial charge on any atom is -0.354 e. The lowest BCUT2D eigenvalue weighted by atomic mass is 9.95. The van der Waals surface area contributed by atoms with Crippen LogP contribution in [0.3, 0.4) is 0 Å². The lowest BCUT2D eigenvalue weighted by molar-refractivity contribution is -0.126. The molecule has 1 aromatic heterocycles. The third-order valence-corrected chi connectivity index (χ3v) is 3.88. The molecule has 1 heterocycles. The maximum absolute atomic E-state index is 11.6. The molecular formula is C11H13BrN2OS. The zero-order chi connectivity index (χ0) is 12.2. The number of nitrogens with zero attached hydrogens (tertiary/aromatic N) is 1. The molecule has 0 spiro atoms. The minimum atomic E-state index is -0.948. The minimum absolute atomic E-state index is 0.217. The number of halogens is 1. The van der Waals surface area contributed by atoms with Crippen molar-refractivity contribution in [1.29, 1.82) is 5.26 Å². The molecule has 0 radical (unpaired) electrons. The van der Waals surface area contributed by atoms with E-state index in [2.05, 4.69) is 21.2 Å². The van der Waals surface area contributed by atoms with E-state index in [0.717, 1.165) is 10.9 Å². The van der Waals surface area contributed by atoms with Gasteiger partial charge in [-0.1, -0.05) is 0 Å². The van der Waals surface area contributed by atoms with E-state index in [-0.39, 0.29) is 5.91 Å². The molecule has 1 N–H and O–H groups in total. The van der Waals surface area contributed by atoms with E-state index in [0.29, 0.717) is 6.54 Å². The summed E-state index contributed by atoms with van der Waals surface area (Å²) in [5, 5.41) is 13.5.